The van der Waals surface area contributed by atoms with Crippen LogP contribution in [0, 0.1) is 5.92 Å². The smallest absolute Gasteiger partial charge is 0.0251 e. The molecule has 2 aliphatic carbocycles. The quantitative estimate of drug-likeness (QED) is 0.814. The zero-order valence-corrected chi connectivity index (χ0v) is 13.3. The molecule has 2 heteroatoms. The summed E-state index contributed by atoms with van der Waals surface area (Å²) in [5.41, 5.74) is 0. The summed E-state index contributed by atoms with van der Waals surface area (Å²) in [5, 5.41) is 3.59. The van der Waals surface area contributed by atoms with Crippen LogP contribution in [0.5, 0.6) is 0 Å². The molecule has 0 spiro atoms. The molecule has 0 bridgehead atoms. The summed E-state index contributed by atoms with van der Waals surface area (Å²) in [5.74, 6) is 0.977. The number of hydrogen-bond acceptors (Lipinski definition) is 2. The maximum Gasteiger partial charge on any atom is 0.0251 e. The first-order valence-electron chi connectivity index (χ1n) is 8.65. The lowest BCUT2D eigenvalue weighted by molar-refractivity contribution is 0.0677. The van der Waals surface area contributed by atoms with Crippen LogP contribution in [0.4, 0.5) is 0 Å². The van der Waals surface area contributed by atoms with Gasteiger partial charge in [0.05, 0.1) is 0 Å². The lowest BCUT2D eigenvalue weighted by Gasteiger charge is -2.45. The van der Waals surface area contributed by atoms with Crippen LogP contribution in [0.3, 0.4) is 0 Å². The fraction of sp³-hybridized carbons (Fsp3) is 1.00. The van der Waals surface area contributed by atoms with Crippen LogP contribution in [-0.2, 0) is 0 Å². The van der Waals surface area contributed by atoms with Crippen LogP contribution in [-0.4, -0.2) is 37.1 Å². The molecule has 0 radical (unpaired) electrons. The first-order chi connectivity index (χ1) is 9.26. The first kappa shape index (κ1) is 15.3. The third-order valence-electron chi connectivity index (χ3n) is 5.67. The second-order valence-electron chi connectivity index (χ2n) is 6.89. The Hall–Kier alpha value is -0.0800. The Morgan fingerprint density at radius 3 is 2.42 bits per heavy atom. The minimum atomic E-state index is 0.722. The molecule has 2 fully saturated rings. The molecule has 2 aliphatic rings. The molecule has 112 valence electrons. The van der Waals surface area contributed by atoms with Crippen LogP contribution in [0.25, 0.3) is 0 Å². The zero-order chi connectivity index (χ0) is 13.7. The van der Waals surface area contributed by atoms with E-state index in [4.69, 9.17) is 0 Å². The minimum absolute atomic E-state index is 0.722. The van der Waals surface area contributed by atoms with E-state index in [0.717, 1.165) is 24.0 Å². The topological polar surface area (TPSA) is 15.3 Å². The Morgan fingerprint density at radius 1 is 1.05 bits per heavy atom. The summed E-state index contributed by atoms with van der Waals surface area (Å²) in [6, 6.07) is 2.36. The van der Waals surface area contributed by atoms with E-state index in [1.807, 2.05) is 0 Å². The highest BCUT2D eigenvalue weighted by Gasteiger charge is 2.34. The second kappa shape index (κ2) is 7.64. The number of hydrogen-bond donors (Lipinski definition) is 1. The normalized spacial score (nSPS) is 33.8. The average molecular weight is 266 g/mol. The summed E-state index contributed by atoms with van der Waals surface area (Å²) in [4.78, 5) is 2.75. The molecule has 3 unspecified atom stereocenters. The molecule has 19 heavy (non-hydrogen) atoms. The molecule has 0 aromatic carbocycles. The standard InChI is InChI=1S/C17H34N2/c1-4-8-14-11-12-16(18-2)17(13-14)19(3)15-9-6-5-7-10-15/h14-18H,4-13H2,1-3H3. The van der Waals surface area contributed by atoms with Gasteiger partial charge in [-0.15, -0.1) is 0 Å². The number of rotatable bonds is 5. The average Bonchev–Trinajstić information content (AvgIpc) is 2.47. The van der Waals surface area contributed by atoms with Gasteiger partial charge in [0.1, 0.15) is 0 Å². The number of nitrogens with zero attached hydrogens (tertiary/aromatic N) is 1. The first-order valence-corrected chi connectivity index (χ1v) is 8.65. The van der Waals surface area contributed by atoms with Gasteiger partial charge in [0.25, 0.3) is 0 Å². The summed E-state index contributed by atoms with van der Waals surface area (Å²) in [6.45, 7) is 2.34. The summed E-state index contributed by atoms with van der Waals surface area (Å²) < 4.78 is 0. The summed E-state index contributed by atoms with van der Waals surface area (Å²) >= 11 is 0. The predicted molar refractivity (Wildman–Crippen MR) is 83.5 cm³/mol. The number of nitrogens with one attached hydrogen (secondary N) is 1. The van der Waals surface area contributed by atoms with Gasteiger partial charge in [0, 0.05) is 18.1 Å². The van der Waals surface area contributed by atoms with E-state index in [1.165, 1.54) is 64.2 Å². The molecule has 1 N–H and O–H groups in total. The SMILES string of the molecule is CCCC1CCC(NC)C(N(C)C2CCCCC2)C1. The van der Waals surface area contributed by atoms with Gasteiger partial charge in [-0.1, -0.05) is 39.0 Å². The lowest BCUT2D eigenvalue weighted by atomic mass is 9.78. The number of likely N-dealkylation sites (N-methyl/N-ethyl adjacent to an activating group) is 2. The van der Waals surface area contributed by atoms with Crippen molar-refractivity contribution in [2.24, 2.45) is 5.92 Å². The van der Waals surface area contributed by atoms with E-state index >= 15 is 0 Å². The maximum atomic E-state index is 3.59. The molecule has 0 saturated heterocycles. The van der Waals surface area contributed by atoms with Crippen molar-refractivity contribution in [1.29, 1.82) is 0 Å². The third-order valence-corrected chi connectivity index (χ3v) is 5.67. The van der Waals surface area contributed by atoms with Crippen LogP contribution in [0.15, 0.2) is 0 Å². The van der Waals surface area contributed by atoms with E-state index in [1.54, 1.807) is 0 Å². The van der Waals surface area contributed by atoms with Crippen molar-refractivity contribution in [2.45, 2.75) is 89.3 Å². The largest absolute Gasteiger partial charge is 0.315 e. The van der Waals surface area contributed by atoms with Gasteiger partial charge >= 0.3 is 0 Å². The maximum absolute atomic E-state index is 3.59. The third kappa shape index (κ3) is 3.95. The predicted octanol–water partition coefficient (Wildman–Crippen LogP) is 3.81. The van der Waals surface area contributed by atoms with Crippen LogP contribution in [0.2, 0.25) is 0 Å². The van der Waals surface area contributed by atoms with Gasteiger partial charge in [-0.2, -0.15) is 0 Å². The molecule has 2 rings (SSSR count). The lowest BCUT2D eigenvalue weighted by Crippen LogP contribution is -2.54. The van der Waals surface area contributed by atoms with E-state index in [2.05, 4.69) is 31.2 Å². The second-order valence-corrected chi connectivity index (χ2v) is 6.89. The van der Waals surface area contributed by atoms with Gasteiger partial charge in [-0.3, -0.25) is 4.90 Å². The Bertz CT molecular complexity index is 248. The van der Waals surface area contributed by atoms with Crippen LogP contribution in [0.1, 0.15) is 71.1 Å². The zero-order valence-electron chi connectivity index (χ0n) is 13.3. The van der Waals surface area contributed by atoms with Gasteiger partial charge < -0.3 is 5.32 Å². The summed E-state index contributed by atoms with van der Waals surface area (Å²) in [6.07, 6.45) is 14.3. The van der Waals surface area contributed by atoms with Crippen molar-refractivity contribution < 1.29 is 0 Å². The molecule has 0 aromatic rings. The van der Waals surface area contributed by atoms with E-state index in [0.29, 0.717) is 0 Å². The van der Waals surface area contributed by atoms with E-state index in [9.17, 15) is 0 Å². The van der Waals surface area contributed by atoms with Crippen molar-refractivity contribution in [2.75, 3.05) is 14.1 Å². The highest BCUT2D eigenvalue weighted by Crippen LogP contribution is 2.33. The molecule has 0 amide bonds. The highest BCUT2D eigenvalue weighted by atomic mass is 15.2. The molecule has 0 aliphatic heterocycles. The Morgan fingerprint density at radius 2 is 1.79 bits per heavy atom. The van der Waals surface area contributed by atoms with E-state index < -0.39 is 0 Å². The van der Waals surface area contributed by atoms with Crippen molar-refractivity contribution >= 4 is 0 Å². The molecular weight excluding hydrogens is 232 g/mol. The van der Waals surface area contributed by atoms with Crippen molar-refractivity contribution in [1.82, 2.24) is 10.2 Å². The molecular formula is C17H34N2. The van der Waals surface area contributed by atoms with E-state index in [-0.39, 0.29) is 0 Å². The van der Waals surface area contributed by atoms with Crippen LogP contribution >= 0.6 is 0 Å². The van der Waals surface area contributed by atoms with Gasteiger partial charge in [0.2, 0.25) is 0 Å². The Balaban J connectivity index is 1.95. The van der Waals surface area contributed by atoms with Crippen molar-refractivity contribution in [3.05, 3.63) is 0 Å². The van der Waals surface area contributed by atoms with Gasteiger partial charge in [-0.05, 0) is 52.1 Å². The molecule has 3 atom stereocenters. The highest BCUT2D eigenvalue weighted by molar-refractivity contribution is 4.92. The summed E-state index contributed by atoms with van der Waals surface area (Å²) in [7, 11) is 4.56. The van der Waals surface area contributed by atoms with Gasteiger partial charge in [0.15, 0.2) is 0 Å². The fourth-order valence-corrected chi connectivity index (χ4v) is 4.45. The fourth-order valence-electron chi connectivity index (χ4n) is 4.45. The van der Waals surface area contributed by atoms with Crippen molar-refractivity contribution in [3.63, 3.8) is 0 Å². The van der Waals surface area contributed by atoms with Gasteiger partial charge in [-0.25, -0.2) is 0 Å². The minimum Gasteiger partial charge on any atom is -0.315 e. The monoisotopic (exact) mass is 266 g/mol. The molecule has 0 heterocycles. The Labute approximate surface area is 120 Å². The molecule has 2 nitrogen and oxygen atoms in total. The van der Waals surface area contributed by atoms with Crippen LogP contribution < -0.4 is 5.32 Å². The Kier molecular flexibility index (Phi) is 6.15. The van der Waals surface area contributed by atoms with Crippen molar-refractivity contribution in [3.8, 4) is 0 Å². The molecule has 2 saturated carbocycles. The molecule has 0 aromatic heterocycles.